The largest absolute Gasteiger partial charge is 0.748 e. The van der Waals surface area contributed by atoms with Crippen LogP contribution >= 0.6 is 23.1 Å². The Labute approximate surface area is 316 Å². The van der Waals surface area contributed by atoms with Crippen molar-refractivity contribution in [3.05, 3.63) is 94.5 Å². The van der Waals surface area contributed by atoms with Gasteiger partial charge in [-0.05, 0) is 73.1 Å². The van der Waals surface area contributed by atoms with E-state index in [1.165, 1.54) is 19.6 Å². The van der Waals surface area contributed by atoms with Crippen molar-refractivity contribution >= 4 is 86.9 Å². The van der Waals surface area contributed by atoms with Crippen LogP contribution in [-0.4, -0.2) is 68.5 Å². The van der Waals surface area contributed by atoms with E-state index in [0.717, 1.165) is 58.0 Å². The van der Waals surface area contributed by atoms with Crippen LogP contribution in [0.2, 0.25) is 0 Å². The maximum atomic E-state index is 11.5. The highest BCUT2D eigenvalue weighted by Crippen LogP contribution is 2.50. The van der Waals surface area contributed by atoms with Crippen LogP contribution < -0.4 is 9.47 Å². The molecule has 1 aliphatic rings. The molecule has 9 nitrogen and oxygen atoms in total. The lowest BCUT2D eigenvalue weighted by molar-refractivity contribution is -0.667. The fourth-order valence-electron chi connectivity index (χ4n) is 6.44. The molecule has 52 heavy (non-hydrogen) atoms. The van der Waals surface area contributed by atoms with Crippen LogP contribution in [0.25, 0.3) is 37.8 Å². The lowest BCUT2D eigenvalue weighted by atomic mass is 10.1. The summed E-state index contributed by atoms with van der Waals surface area (Å²) in [6.45, 7) is 13.0. The molecule has 5 aromatic rings. The van der Waals surface area contributed by atoms with Crippen LogP contribution in [0.1, 0.15) is 52.0 Å². The molecule has 0 unspecified atom stereocenters. The van der Waals surface area contributed by atoms with Crippen LogP contribution in [0.5, 0.6) is 0 Å². The molecule has 13 heteroatoms. The number of thioether (sulfide) groups is 1. The number of benzene rings is 4. The fourth-order valence-corrected chi connectivity index (χ4v) is 9.78. The monoisotopic (exact) mass is 781 g/mol. The van der Waals surface area contributed by atoms with Gasteiger partial charge in [0.25, 0.3) is 15.1 Å². The molecule has 1 aliphatic heterocycles. The normalized spacial score (nSPS) is 14.5. The first-order valence-corrected chi connectivity index (χ1v) is 22.5. The van der Waals surface area contributed by atoms with E-state index in [1.54, 1.807) is 23.1 Å². The van der Waals surface area contributed by atoms with Gasteiger partial charge in [0.1, 0.15) is 4.70 Å². The number of aryl methyl sites for hydroxylation is 1. The number of nitrogens with zero attached hydrogens (tertiary/aromatic N) is 3. The summed E-state index contributed by atoms with van der Waals surface area (Å²) in [6, 6.07) is 24.5. The Kier molecular flexibility index (Phi) is 13.6. The molecule has 0 amide bonds. The highest BCUT2D eigenvalue weighted by atomic mass is 32.2. The lowest BCUT2D eigenvalue weighted by Gasteiger charge is -2.22. The van der Waals surface area contributed by atoms with Crippen molar-refractivity contribution in [2.45, 2.75) is 58.4 Å². The molecule has 0 radical (unpaired) electrons. The number of rotatable bonds is 14. The van der Waals surface area contributed by atoms with Crippen molar-refractivity contribution in [2.75, 3.05) is 42.6 Å². The van der Waals surface area contributed by atoms with Crippen molar-refractivity contribution in [3.8, 4) is 0 Å². The summed E-state index contributed by atoms with van der Waals surface area (Å²) >= 11 is 3.25. The summed E-state index contributed by atoms with van der Waals surface area (Å²) < 4.78 is 70.0. The zero-order chi connectivity index (χ0) is 37.5. The number of fused-ring (bicyclic) bond motifs is 6. The summed E-state index contributed by atoms with van der Waals surface area (Å²) in [5.74, 6) is -0.760. The van der Waals surface area contributed by atoms with Crippen molar-refractivity contribution in [1.82, 2.24) is 4.90 Å². The second kappa shape index (κ2) is 17.7. The third-order valence-electron chi connectivity index (χ3n) is 9.16. The van der Waals surface area contributed by atoms with Gasteiger partial charge in [0.2, 0.25) is 5.52 Å². The molecule has 0 fully saturated rings. The van der Waals surface area contributed by atoms with Gasteiger partial charge in [-0.25, -0.2) is 8.42 Å². The number of hydrogen-bond acceptors (Lipinski definition) is 9. The smallest absolute Gasteiger partial charge is 0.264 e. The van der Waals surface area contributed by atoms with Crippen LogP contribution in [0.15, 0.2) is 94.4 Å². The number of thiazole rings is 1. The van der Waals surface area contributed by atoms with Crippen LogP contribution in [0.3, 0.4) is 0 Å². The van der Waals surface area contributed by atoms with Gasteiger partial charge in [0.05, 0.1) is 32.0 Å². The van der Waals surface area contributed by atoms with E-state index in [1.807, 2.05) is 30.3 Å². The van der Waals surface area contributed by atoms with Crippen molar-refractivity contribution in [3.63, 3.8) is 0 Å². The van der Waals surface area contributed by atoms with Crippen LogP contribution in [0.4, 0.5) is 5.69 Å². The quantitative estimate of drug-likeness (QED) is 0.0876. The van der Waals surface area contributed by atoms with Gasteiger partial charge in [0.15, 0.2) is 6.54 Å². The predicted molar refractivity (Wildman–Crippen MR) is 217 cm³/mol. The van der Waals surface area contributed by atoms with E-state index in [4.69, 9.17) is 0 Å². The number of aromatic nitrogens is 1. The molecule has 2 heterocycles. The van der Waals surface area contributed by atoms with Gasteiger partial charge >= 0.3 is 0 Å². The average Bonchev–Trinajstić information content (AvgIpc) is 3.65. The van der Waals surface area contributed by atoms with Crippen molar-refractivity contribution in [2.24, 2.45) is 0 Å². The minimum Gasteiger partial charge on any atom is -0.748 e. The minimum absolute atomic E-state index is 0.203. The molecule has 0 atom stereocenters. The Bertz CT molecular complexity index is 2310. The van der Waals surface area contributed by atoms with E-state index < -0.39 is 26.0 Å². The standard InChI is InChI=1S/C33H32N2O6S4.C6H15N/c1-2-23(21-30-34(17-7-19-44(36,37)38)32-26-11-5-3-9-24(26)13-15-28(32)42-30)22-31-35(18-8-20-45(39,40)41)33-27-12-6-4-10-25(27)14-16-29(33)43-31;1-4-7(5-2)6-3/h3-6,9-16,21-22H,2,7-8,17-20H2,1H3,(H-,36,37,38,39,40,41);4-6H2,1-3H3. The number of anilines is 1. The highest BCUT2D eigenvalue weighted by Gasteiger charge is 2.28. The molecule has 0 saturated heterocycles. The Morgan fingerprint density at radius 3 is 2.10 bits per heavy atom. The Morgan fingerprint density at radius 2 is 1.48 bits per heavy atom. The van der Waals surface area contributed by atoms with Gasteiger partial charge in [0, 0.05) is 35.1 Å². The molecule has 0 saturated carbocycles. The molecule has 4 aromatic carbocycles. The van der Waals surface area contributed by atoms with Gasteiger partial charge in [-0.1, -0.05) is 105 Å². The molecule has 1 aromatic heterocycles. The lowest BCUT2D eigenvalue weighted by Crippen LogP contribution is -2.36. The zero-order valence-electron chi connectivity index (χ0n) is 30.1. The van der Waals surface area contributed by atoms with Gasteiger partial charge < -0.3 is 14.4 Å². The molecule has 0 spiro atoms. The van der Waals surface area contributed by atoms with E-state index in [9.17, 15) is 25.9 Å². The second-order valence-electron chi connectivity index (χ2n) is 12.5. The first-order chi connectivity index (χ1) is 24.9. The van der Waals surface area contributed by atoms with Crippen LogP contribution in [0, 0.1) is 0 Å². The molecular weight excluding hydrogens is 735 g/mol. The van der Waals surface area contributed by atoms with E-state index >= 15 is 0 Å². The summed E-state index contributed by atoms with van der Waals surface area (Å²) in [4.78, 5) is 5.59. The summed E-state index contributed by atoms with van der Waals surface area (Å²) in [6.07, 6.45) is 5.42. The predicted octanol–water partition coefficient (Wildman–Crippen LogP) is 8.30. The zero-order valence-corrected chi connectivity index (χ0v) is 33.4. The first-order valence-electron chi connectivity index (χ1n) is 17.7. The van der Waals surface area contributed by atoms with E-state index in [0.29, 0.717) is 19.5 Å². The van der Waals surface area contributed by atoms with Crippen molar-refractivity contribution < 1.29 is 30.5 Å². The third-order valence-corrected chi connectivity index (χ3v) is 12.9. The Morgan fingerprint density at radius 1 is 0.846 bits per heavy atom. The third kappa shape index (κ3) is 10.0. The number of allylic oxidation sites excluding steroid dienone is 2. The van der Waals surface area contributed by atoms with Crippen LogP contribution in [-0.2, 0) is 26.8 Å². The molecule has 0 bridgehead atoms. The molecule has 6 rings (SSSR count). The number of hydrogen-bond donors (Lipinski definition) is 1. The summed E-state index contributed by atoms with van der Waals surface area (Å²) in [5, 5.41) is 6.20. The topological polar surface area (TPSA) is 122 Å². The van der Waals surface area contributed by atoms with E-state index in [2.05, 4.69) is 96.7 Å². The molecule has 1 N–H and O–H groups in total. The fraction of sp³-hybridized carbons (Fsp3) is 0.359. The average molecular weight is 782 g/mol. The Balaban J connectivity index is 0.000000679. The van der Waals surface area contributed by atoms with Gasteiger partial charge in [-0.3, -0.25) is 4.55 Å². The van der Waals surface area contributed by atoms with Gasteiger partial charge in [-0.2, -0.15) is 13.0 Å². The minimum atomic E-state index is -4.34. The molecule has 278 valence electrons. The highest BCUT2D eigenvalue weighted by molar-refractivity contribution is 8.03. The maximum absolute atomic E-state index is 11.5. The summed E-state index contributed by atoms with van der Waals surface area (Å²) in [7, 11) is -8.44. The SMILES string of the molecule is CCC(=Cc1sc2ccc3ccccc3c2[n+]1CCCS(=O)(=O)[O-])C=C1Sc2ccc3ccccc3c2N1CCCS(=O)(=O)O.CCN(CC)CC. The molecular formula is C39H47N3O6S4. The van der Waals surface area contributed by atoms with E-state index in [-0.39, 0.29) is 18.6 Å². The van der Waals surface area contributed by atoms with Crippen molar-refractivity contribution in [1.29, 1.82) is 0 Å². The second-order valence-corrected chi connectivity index (χ2v) is 17.8. The Hall–Kier alpha value is -3.30. The molecule has 0 aliphatic carbocycles. The maximum Gasteiger partial charge on any atom is 0.264 e. The van der Waals surface area contributed by atoms with Gasteiger partial charge in [-0.15, -0.1) is 0 Å². The summed E-state index contributed by atoms with van der Waals surface area (Å²) in [5.41, 5.74) is 3.07. The first kappa shape index (κ1) is 39.9.